The molecule has 1 aliphatic heterocycles. The van der Waals surface area contributed by atoms with E-state index >= 15 is 0 Å². The Balaban J connectivity index is 1.62. The number of hydrogen-bond acceptors (Lipinski definition) is 5. The largest absolute Gasteiger partial charge is 0.331 e. The number of carbonyl (C=O) groups excluding carboxylic acids is 1. The molecule has 1 aromatic carbocycles. The van der Waals surface area contributed by atoms with Crippen LogP contribution in [0.15, 0.2) is 53.8 Å². The molecule has 0 saturated heterocycles. The van der Waals surface area contributed by atoms with Gasteiger partial charge in [-0.2, -0.15) is 5.10 Å². The quantitative estimate of drug-likeness (QED) is 0.564. The van der Waals surface area contributed by atoms with Gasteiger partial charge in [0.15, 0.2) is 9.84 Å². The minimum absolute atomic E-state index is 0.123. The van der Waals surface area contributed by atoms with Gasteiger partial charge >= 0.3 is 6.03 Å². The molecule has 3 heterocycles. The van der Waals surface area contributed by atoms with Gasteiger partial charge in [0.05, 0.1) is 34.2 Å². The van der Waals surface area contributed by atoms with Crippen LogP contribution in [-0.2, 0) is 16.3 Å². The molecule has 0 bridgehead atoms. The summed E-state index contributed by atoms with van der Waals surface area (Å²) in [5, 5.41) is 7.55. The van der Waals surface area contributed by atoms with Crippen LogP contribution in [0.4, 0.5) is 14.9 Å². The number of aromatic nitrogens is 3. The molecule has 2 aromatic heterocycles. The number of halogens is 1. The third-order valence-corrected chi connectivity index (χ3v) is 7.02. The number of rotatable bonds is 6. The van der Waals surface area contributed by atoms with Gasteiger partial charge in [-0.1, -0.05) is 13.3 Å². The molecular formula is C24H28FN5O3S. The van der Waals surface area contributed by atoms with Gasteiger partial charge in [0.1, 0.15) is 5.82 Å². The normalized spacial score (nSPS) is 14.9. The van der Waals surface area contributed by atoms with Gasteiger partial charge in [0, 0.05) is 25.2 Å². The Bertz CT molecular complexity index is 1270. The number of urea groups is 1. The van der Waals surface area contributed by atoms with Gasteiger partial charge in [-0.3, -0.25) is 9.88 Å². The second kappa shape index (κ2) is 9.92. The highest BCUT2D eigenvalue weighted by Crippen LogP contribution is 2.29. The number of nitrogens with one attached hydrogen (secondary N) is 1. The molecule has 0 spiro atoms. The molecule has 8 nitrogen and oxygen atoms in total. The molecule has 1 aliphatic rings. The van der Waals surface area contributed by atoms with Crippen molar-refractivity contribution in [2.24, 2.45) is 0 Å². The predicted octanol–water partition coefficient (Wildman–Crippen LogP) is 4.20. The summed E-state index contributed by atoms with van der Waals surface area (Å²) in [6.07, 6.45) is 9.61. The number of sulfone groups is 1. The zero-order chi connectivity index (χ0) is 24.3. The SMILES string of the molecule is CCC[C@H](NC(=O)N1CCCCc2c1cnn2-c1ccc(F)cc1)c1cncc(S(C)(=O)=O)c1. The molecule has 0 aliphatic carbocycles. The van der Waals surface area contributed by atoms with Crippen molar-refractivity contribution in [3.8, 4) is 5.69 Å². The molecule has 2 amide bonds. The number of anilines is 1. The van der Waals surface area contributed by atoms with E-state index < -0.39 is 9.84 Å². The van der Waals surface area contributed by atoms with Crippen LogP contribution in [-0.4, -0.2) is 42.0 Å². The Hall–Kier alpha value is -3.27. The van der Waals surface area contributed by atoms with Gasteiger partial charge in [-0.25, -0.2) is 22.3 Å². The van der Waals surface area contributed by atoms with E-state index in [-0.39, 0.29) is 22.8 Å². The Labute approximate surface area is 198 Å². The molecule has 4 rings (SSSR count). The summed E-state index contributed by atoms with van der Waals surface area (Å²) in [7, 11) is -3.41. The van der Waals surface area contributed by atoms with Crippen LogP contribution < -0.4 is 10.2 Å². The fourth-order valence-corrected chi connectivity index (χ4v) is 4.79. The Kier molecular flexibility index (Phi) is 6.97. The van der Waals surface area contributed by atoms with Crippen LogP contribution in [0.1, 0.15) is 49.9 Å². The van der Waals surface area contributed by atoms with Crippen molar-refractivity contribution >= 4 is 21.6 Å². The summed E-state index contributed by atoms with van der Waals surface area (Å²) in [5.74, 6) is -0.320. The molecule has 10 heteroatoms. The van der Waals surface area contributed by atoms with E-state index in [1.807, 2.05) is 6.92 Å². The number of hydrogen-bond donors (Lipinski definition) is 1. The molecule has 0 saturated carbocycles. The van der Waals surface area contributed by atoms with Crippen molar-refractivity contribution in [3.05, 3.63) is 66.0 Å². The maximum absolute atomic E-state index is 13.4. The second-order valence-corrected chi connectivity index (χ2v) is 10.5. The van der Waals surface area contributed by atoms with Gasteiger partial charge in [0.25, 0.3) is 0 Å². The molecule has 3 aromatic rings. The Morgan fingerprint density at radius 2 is 1.94 bits per heavy atom. The zero-order valence-corrected chi connectivity index (χ0v) is 20.1. The number of carbonyl (C=O) groups is 1. The number of benzene rings is 1. The van der Waals surface area contributed by atoms with Crippen molar-refractivity contribution in [2.75, 3.05) is 17.7 Å². The lowest BCUT2D eigenvalue weighted by atomic mass is 10.0. The van der Waals surface area contributed by atoms with Gasteiger partial charge in [-0.05, 0) is 61.6 Å². The fourth-order valence-electron chi connectivity index (χ4n) is 4.19. The smallest absolute Gasteiger partial charge is 0.322 e. The first-order valence-electron chi connectivity index (χ1n) is 11.3. The van der Waals surface area contributed by atoms with Crippen LogP contribution in [0.25, 0.3) is 5.69 Å². The van der Waals surface area contributed by atoms with E-state index in [0.717, 1.165) is 49.0 Å². The van der Waals surface area contributed by atoms with Crippen LogP contribution in [0.2, 0.25) is 0 Å². The lowest BCUT2D eigenvalue weighted by Gasteiger charge is -2.25. The van der Waals surface area contributed by atoms with E-state index in [2.05, 4.69) is 15.4 Å². The van der Waals surface area contributed by atoms with E-state index in [4.69, 9.17) is 0 Å². The van der Waals surface area contributed by atoms with E-state index in [0.29, 0.717) is 18.5 Å². The van der Waals surface area contributed by atoms with Gasteiger partial charge in [-0.15, -0.1) is 0 Å². The highest BCUT2D eigenvalue weighted by Gasteiger charge is 2.27. The van der Waals surface area contributed by atoms with Crippen molar-refractivity contribution in [1.82, 2.24) is 20.1 Å². The first-order chi connectivity index (χ1) is 16.3. The zero-order valence-electron chi connectivity index (χ0n) is 19.2. The highest BCUT2D eigenvalue weighted by atomic mass is 32.2. The average Bonchev–Trinajstić information content (AvgIpc) is 3.10. The van der Waals surface area contributed by atoms with Crippen LogP contribution in [0.5, 0.6) is 0 Å². The third-order valence-electron chi connectivity index (χ3n) is 5.94. The van der Waals surface area contributed by atoms with Crippen LogP contribution in [0.3, 0.4) is 0 Å². The van der Waals surface area contributed by atoms with Crippen molar-refractivity contribution < 1.29 is 17.6 Å². The monoisotopic (exact) mass is 485 g/mol. The number of fused-ring (bicyclic) bond motifs is 1. The van der Waals surface area contributed by atoms with Crippen LogP contribution >= 0.6 is 0 Å². The topological polar surface area (TPSA) is 97.2 Å². The Morgan fingerprint density at radius 3 is 2.65 bits per heavy atom. The van der Waals surface area contributed by atoms with Crippen molar-refractivity contribution in [2.45, 2.75) is 50.0 Å². The average molecular weight is 486 g/mol. The molecular weight excluding hydrogens is 457 g/mol. The third kappa shape index (κ3) is 5.11. The summed E-state index contributed by atoms with van der Waals surface area (Å²) in [6, 6.07) is 7.02. The van der Waals surface area contributed by atoms with Gasteiger partial charge in [0.2, 0.25) is 0 Å². The lowest BCUT2D eigenvalue weighted by Crippen LogP contribution is -2.42. The number of pyridine rings is 1. The number of nitrogens with zero attached hydrogens (tertiary/aromatic N) is 4. The summed E-state index contributed by atoms with van der Waals surface area (Å²) >= 11 is 0. The lowest BCUT2D eigenvalue weighted by molar-refractivity contribution is 0.241. The molecule has 0 unspecified atom stereocenters. The molecule has 34 heavy (non-hydrogen) atoms. The molecule has 1 N–H and O–H groups in total. The standard InChI is InChI=1S/C24H28FN5O3S/c1-3-6-21(17-13-20(15-26-14-17)34(2,32)33)28-24(31)29-12-5-4-7-22-23(29)16-27-30(22)19-10-8-18(25)9-11-19/h8-11,13-16,21H,3-7,12H2,1-2H3,(H,28,31)/t21-/m0/s1. The maximum Gasteiger partial charge on any atom is 0.322 e. The summed E-state index contributed by atoms with van der Waals surface area (Å²) in [6.45, 7) is 2.54. The van der Waals surface area contributed by atoms with Gasteiger partial charge < -0.3 is 5.32 Å². The molecule has 0 fully saturated rings. The number of amides is 2. The first-order valence-corrected chi connectivity index (χ1v) is 13.2. The maximum atomic E-state index is 13.4. The highest BCUT2D eigenvalue weighted by molar-refractivity contribution is 7.90. The van der Waals surface area contributed by atoms with Crippen molar-refractivity contribution in [1.29, 1.82) is 0 Å². The molecule has 1 atom stereocenters. The van der Waals surface area contributed by atoms with Crippen molar-refractivity contribution in [3.63, 3.8) is 0 Å². The minimum Gasteiger partial charge on any atom is -0.331 e. The fraction of sp³-hybridized carbons (Fsp3) is 0.375. The summed E-state index contributed by atoms with van der Waals surface area (Å²) in [4.78, 5) is 19.3. The minimum atomic E-state index is -3.41. The van der Waals surface area contributed by atoms with Crippen LogP contribution in [0, 0.1) is 5.82 Å². The molecule has 0 radical (unpaired) electrons. The predicted molar refractivity (Wildman–Crippen MR) is 127 cm³/mol. The van der Waals surface area contributed by atoms with E-state index in [1.165, 1.54) is 18.3 Å². The summed E-state index contributed by atoms with van der Waals surface area (Å²) < 4.78 is 39.1. The first kappa shape index (κ1) is 23.9. The molecule has 180 valence electrons. The Morgan fingerprint density at radius 1 is 1.18 bits per heavy atom. The second-order valence-electron chi connectivity index (χ2n) is 8.49. The summed E-state index contributed by atoms with van der Waals surface area (Å²) in [5.41, 5.74) is 3.00. The van der Waals surface area contributed by atoms with E-state index in [1.54, 1.807) is 40.2 Å². The van der Waals surface area contributed by atoms with E-state index in [9.17, 15) is 17.6 Å².